The van der Waals surface area contributed by atoms with Crippen molar-refractivity contribution in [1.82, 2.24) is 4.98 Å². The van der Waals surface area contributed by atoms with E-state index in [1.165, 1.54) is 0 Å². The van der Waals surface area contributed by atoms with Gasteiger partial charge >= 0.3 is 5.97 Å². The zero-order valence-corrected chi connectivity index (χ0v) is 8.36. The summed E-state index contributed by atoms with van der Waals surface area (Å²) in [5.41, 5.74) is 1.02. The van der Waals surface area contributed by atoms with Crippen molar-refractivity contribution in [3.63, 3.8) is 0 Å². The van der Waals surface area contributed by atoms with Crippen LogP contribution < -0.4 is 0 Å². The molecular weight excluding hydrogens is 234 g/mol. The maximum Gasteiger partial charge on any atom is 0.307 e. The van der Waals surface area contributed by atoms with Gasteiger partial charge in [-0.05, 0) is 39.9 Å². The summed E-state index contributed by atoms with van der Waals surface area (Å²) in [6.45, 7) is 0. The van der Waals surface area contributed by atoms with Crippen LogP contribution in [0.2, 0.25) is 0 Å². The monoisotopic (exact) mass is 241 g/mol. The Morgan fingerprint density at radius 3 is 2.85 bits per heavy atom. The Hall–Kier alpha value is -0.900. The molecule has 2 rings (SSSR count). The van der Waals surface area contributed by atoms with Crippen molar-refractivity contribution in [2.75, 3.05) is 0 Å². The summed E-state index contributed by atoms with van der Waals surface area (Å²) >= 11 is 3.23. The first-order valence-corrected chi connectivity index (χ1v) is 4.82. The van der Waals surface area contributed by atoms with Gasteiger partial charge in [0.25, 0.3) is 0 Å². The maximum absolute atomic E-state index is 10.6. The van der Waals surface area contributed by atoms with Crippen molar-refractivity contribution in [3.8, 4) is 0 Å². The summed E-state index contributed by atoms with van der Waals surface area (Å²) < 4.78 is 0.781. The van der Waals surface area contributed by atoms with Gasteiger partial charge < -0.3 is 5.11 Å². The number of hydrogen-bond donors (Lipinski definition) is 1. The molecule has 0 aliphatic heterocycles. The number of hydrogen-bond acceptors (Lipinski definition) is 2. The van der Waals surface area contributed by atoms with E-state index in [-0.39, 0.29) is 11.8 Å². The SMILES string of the molecule is O=C(O)[C@H]1C[C@@H]1c1ccc(Br)nc1. The highest BCUT2D eigenvalue weighted by molar-refractivity contribution is 9.10. The van der Waals surface area contributed by atoms with Gasteiger partial charge in [0.2, 0.25) is 0 Å². The van der Waals surface area contributed by atoms with E-state index >= 15 is 0 Å². The average Bonchev–Trinajstić information content (AvgIpc) is 2.85. The van der Waals surface area contributed by atoms with Crippen molar-refractivity contribution in [2.45, 2.75) is 12.3 Å². The Kier molecular flexibility index (Phi) is 2.07. The molecular formula is C9H8BrNO2. The van der Waals surface area contributed by atoms with Crippen LogP contribution in [0.5, 0.6) is 0 Å². The molecule has 3 nitrogen and oxygen atoms in total. The fourth-order valence-corrected chi connectivity index (χ4v) is 1.68. The number of rotatable bonds is 2. The van der Waals surface area contributed by atoms with Gasteiger partial charge in [0.1, 0.15) is 4.60 Å². The topological polar surface area (TPSA) is 50.2 Å². The van der Waals surface area contributed by atoms with Gasteiger partial charge in [-0.2, -0.15) is 0 Å². The Morgan fingerprint density at radius 1 is 1.62 bits per heavy atom. The molecule has 0 spiro atoms. The van der Waals surface area contributed by atoms with E-state index < -0.39 is 5.97 Å². The average molecular weight is 242 g/mol. The molecule has 1 saturated carbocycles. The summed E-state index contributed by atoms with van der Waals surface area (Å²) in [4.78, 5) is 14.6. The standard InChI is InChI=1S/C9H8BrNO2/c10-8-2-1-5(4-11-8)6-3-7(6)9(12)13/h1-2,4,6-7H,3H2,(H,12,13)/t6-,7+/m1/s1. The quantitative estimate of drug-likeness (QED) is 0.807. The van der Waals surface area contributed by atoms with E-state index in [4.69, 9.17) is 5.11 Å². The molecule has 1 fully saturated rings. The number of nitrogens with zero attached hydrogens (tertiary/aromatic N) is 1. The zero-order chi connectivity index (χ0) is 9.42. The number of carboxylic acid groups (broad SMARTS) is 1. The molecule has 1 aliphatic rings. The molecule has 1 aliphatic carbocycles. The van der Waals surface area contributed by atoms with Gasteiger partial charge in [0.15, 0.2) is 0 Å². The van der Waals surface area contributed by atoms with Crippen LogP contribution in [0.3, 0.4) is 0 Å². The first-order chi connectivity index (χ1) is 6.18. The summed E-state index contributed by atoms with van der Waals surface area (Å²) in [6.07, 6.45) is 2.48. The molecule has 1 aromatic heterocycles. The minimum absolute atomic E-state index is 0.179. The molecule has 13 heavy (non-hydrogen) atoms. The third-order valence-corrected chi connectivity index (χ3v) is 2.76. The molecule has 1 aromatic rings. The van der Waals surface area contributed by atoms with Gasteiger partial charge in [-0.15, -0.1) is 0 Å². The van der Waals surface area contributed by atoms with Crippen LogP contribution in [0.25, 0.3) is 0 Å². The molecule has 0 unspecified atom stereocenters. The second-order valence-corrected chi connectivity index (χ2v) is 4.01. The van der Waals surface area contributed by atoms with E-state index in [9.17, 15) is 4.79 Å². The number of pyridine rings is 1. The summed E-state index contributed by atoms with van der Waals surface area (Å²) in [7, 11) is 0. The number of halogens is 1. The molecule has 2 atom stereocenters. The van der Waals surface area contributed by atoms with Crippen molar-refractivity contribution in [3.05, 3.63) is 28.5 Å². The Labute approximate surface area is 83.9 Å². The maximum atomic E-state index is 10.6. The molecule has 0 saturated heterocycles. The first kappa shape index (κ1) is 8.69. The van der Waals surface area contributed by atoms with Gasteiger partial charge in [0.05, 0.1) is 5.92 Å². The zero-order valence-electron chi connectivity index (χ0n) is 6.77. The van der Waals surface area contributed by atoms with Crippen LogP contribution in [0, 0.1) is 5.92 Å². The lowest BCUT2D eigenvalue weighted by atomic mass is 10.1. The molecule has 68 valence electrons. The lowest BCUT2D eigenvalue weighted by Crippen LogP contribution is -1.98. The van der Waals surface area contributed by atoms with Crippen LogP contribution in [0.4, 0.5) is 0 Å². The van der Waals surface area contributed by atoms with Crippen molar-refractivity contribution in [1.29, 1.82) is 0 Å². The van der Waals surface area contributed by atoms with Gasteiger partial charge in [-0.3, -0.25) is 4.79 Å². The normalized spacial score (nSPS) is 25.6. The third kappa shape index (κ3) is 1.72. The lowest BCUT2D eigenvalue weighted by molar-refractivity contribution is -0.138. The van der Waals surface area contributed by atoms with Crippen LogP contribution in [-0.4, -0.2) is 16.1 Å². The highest BCUT2D eigenvalue weighted by Crippen LogP contribution is 2.47. The Balaban J connectivity index is 2.12. The van der Waals surface area contributed by atoms with Crippen LogP contribution in [0.15, 0.2) is 22.9 Å². The van der Waals surface area contributed by atoms with E-state index in [0.29, 0.717) is 0 Å². The van der Waals surface area contributed by atoms with Crippen molar-refractivity contribution in [2.24, 2.45) is 5.92 Å². The first-order valence-electron chi connectivity index (χ1n) is 4.03. The second-order valence-electron chi connectivity index (χ2n) is 3.20. The van der Waals surface area contributed by atoms with Gasteiger partial charge in [-0.1, -0.05) is 6.07 Å². The van der Waals surface area contributed by atoms with E-state index in [1.54, 1.807) is 6.20 Å². The minimum Gasteiger partial charge on any atom is -0.481 e. The van der Waals surface area contributed by atoms with E-state index in [2.05, 4.69) is 20.9 Å². The molecule has 1 heterocycles. The van der Waals surface area contributed by atoms with E-state index in [1.807, 2.05) is 12.1 Å². The van der Waals surface area contributed by atoms with Crippen LogP contribution >= 0.6 is 15.9 Å². The predicted molar refractivity (Wildman–Crippen MR) is 50.4 cm³/mol. The predicted octanol–water partition coefficient (Wildman–Crippen LogP) is 2.03. The smallest absolute Gasteiger partial charge is 0.307 e. The molecule has 0 aromatic carbocycles. The summed E-state index contributed by atoms with van der Waals surface area (Å²) in [5.74, 6) is -0.714. The fourth-order valence-electron chi connectivity index (χ4n) is 1.44. The van der Waals surface area contributed by atoms with Gasteiger partial charge in [-0.25, -0.2) is 4.98 Å². The highest BCUT2D eigenvalue weighted by Gasteiger charge is 2.44. The molecule has 0 amide bonds. The summed E-state index contributed by atoms with van der Waals surface area (Å²) in [6, 6.07) is 3.76. The second kappa shape index (κ2) is 3.10. The van der Waals surface area contributed by atoms with Crippen molar-refractivity contribution < 1.29 is 9.90 Å². The molecule has 0 radical (unpaired) electrons. The van der Waals surface area contributed by atoms with Crippen LogP contribution in [-0.2, 0) is 4.79 Å². The Morgan fingerprint density at radius 2 is 2.38 bits per heavy atom. The largest absolute Gasteiger partial charge is 0.481 e. The number of carboxylic acids is 1. The Bertz CT molecular complexity index is 336. The highest BCUT2D eigenvalue weighted by atomic mass is 79.9. The fraction of sp³-hybridized carbons (Fsp3) is 0.333. The number of carbonyl (C=O) groups is 1. The van der Waals surface area contributed by atoms with Gasteiger partial charge in [0, 0.05) is 6.20 Å². The van der Waals surface area contributed by atoms with Crippen molar-refractivity contribution >= 4 is 21.9 Å². The third-order valence-electron chi connectivity index (χ3n) is 2.29. The summed E-state index contributed by atoms with van der Waals surface area (Å²) in [5, 5.41) is 8.71. The lowest BCUT2D eigenvalue weighted by Gasteiger charge is -1.96. The molecule has 4 heteroatoms. The minimum atomic E-state index is -0.701. The number of aliphatic carboxylic acids is 1. The molecule has 0 bridgehead atoms. The number of aromatic nitrogens is 1. The van der Waals surface area contributed by atoms with Crippen LogP contribution in [0.1, 0.15) is 17.9 Å². The molecule has 1 N–H and O–H groups in total. The van der Waals surface area contributed by atoms with E-state index in [0.717, 1.165) is 16.6 Å².